The minimum Gasteiger partial charge on any atom is -0.256 e. The van der Waals surface area contributed by atoms with E-state index >= 15 is 0 Å². The molecule has 8 aromatic rings. The number of aromatic nitrogens is 4. The molecule has 4 bridgehead atoms. The molecule has 4 aliphatic carbocycles. The number of fused-ring (bicyclic) bond motifs is 2. The molecule has 2 aromatic heterocycles. The van der Waals surface area contributed by atoms with Crippen molar-refractivity contribution in [3.05, 3.63) is 168 Å². The van der Waals surface area contributed by atoms with Crippen LogP contribution in [-0.4, -0.2) is 19.9 Å². The van der Waals surface area contributed by atoms with E-state index in [-0.39, 0.29) is 10.8 Å². The normalized spacial score (nSPS) is 22.3. The average molecular weight is 722 g/mol. The summed E-state index contributed by atoms with van der Waals surface area (Å²) in [5.41, 5.74) is 10.2. The Labute approximate surface area is 326 Å². The predicted octanol–water partition coefficient (Wildman–Crippen LogP) is 11.9. The predicted molar refractivity (Wildman–Crippen MR) is 224 cm³/mol. The number of nitriles is 1. The largest absolute Gasteiger partial charge is 0.256 e. The fourth-order valence-corrected chi connectivity index (χ4v) is 11.0. The Hall–Kier alpha value is -6.51. The molecular weight excluding hydrogens is 683 g/mol. The summed E-state index contributed by atoms with van der Waals surface area (Å²) < 4.78 is 0. The highest BCUT2D eigenvalue weighted by molar-refractivity contribution is 5.88. The lowest BCUT2D eigenvalue weighted by Gasteiger charge is -2.63. The number of benzene rings is 6. The Balaban J connectivity index is 0.924. The Bertz CT molecular complexity index is 2820. The van der Waals surface area contributed by atoms with Crippen LogP contribution in [0.5, 0.6) is 0 Å². The van der Waals surface area contributed by atoms with E-state index in [4.69, 9.17) is 15.0 Å². The molecule has 0 N–H and O–H groups in total. The third-order valence-electron chi connectivity index (χ3n) is 13.1. The van der Waals surface area contributed by atoms with Crippen LogP contribution in [0.4, 0.5) is 0 Å². The zero-order chi connectivity index (χ0) is 37.3. The molecule has 0 aliphatic heterocycles. The van der Waals surface area contributed by atoms with Crippen molar-refractivity contribution >= 4 is 21.7 Å². The molecule has 5 nitrogen and oxygen atoms in total. The van der Waals surface area contributed by atoms with Crippen LogP contribution in [0.25, 0.3) is 67.0 Å². The molecule has 5 heteroatoms. The quantitative estimate of drug-likeness (QED) is 0.171. The van der Waals surface area contributed by atoms with Crippen LogP contribution in [-0.2, 0) is 10.8 Å². The van der Waals surface area contributed by atoms with Crippen LogP contribution in [0.15, 0.2) is 152 Å². The van der Waals surface area contributed by atoms with Gasteiger partial charge in [0.25, 0.3) is 0 Å². The van der Waals surface area contributed by atoms with Crippen LogP contribution < -0.4 is 0 Å². The molecule has 12 rings (SSSR count). The maximum atomic E-state index is 9.24. The summed E-state index contributed by atoms with van der Waals surface area (Å²) in [6.45, 7) is 0. The molecule has 2 unspecified atom stereocenters. The first-order chi connectivity index (χ1) is 27.5. The molecule has 4 aliphatic rings. The summed E-state index contributed by atoms with van der Waals surface area (Å²) >= 11 is 0. The number of rotatable bonds is 6. The van der Waals surface area contributed by atoms with Crippen molar-refractivity contribution in [1.82, 2.24) is 19.9 Å². The molecule has 6 aromatic carbocycles. The zero-order valence-electron chi connectivity index (χ0n) is 31.1. The third-order valence-corrected chi connectivity index (χ3v) is 13.1. The van der Waals surface area contributed by atoms with Gasteiger partial charge in [0, 0.05) is 28.3 Å². The second-order valence-corrected chi connectivity index (χ2v) is 16.6. The number of pyridine rings is 1. The number of hydrogen-bond acceptors (Lipinski definition) is 5. The minimum absolute atomic E-state index is 0.176. The van der Waals surface area contributed by atoms with E-state index in [1.807, 2.05) is 60.8 Å². The Morgan fingerprint density at radius 3 is 1.79 bits per heavy atom. The van der Waals surface area contributed by atoms with E-state index in [1.165, 1.54) is 66.0 Å². The second-order valence-electron chi connectivity index (χ2n) is 16.6. The van der Waals surface area contributed by atoms with Gasteiger partial charge < -0.3 is 0 Å². The second kappa shape index (κ2) is 12.8. The van der Waals surface area contributed by atoms with Gasteiger partial charge in [0.05, 0.1) is 17.1 Å². The number of nitrogens with zero attached hydrogens (tertiary/aromatic N) is 5. The highest BCUT2D eigenvalue weighted by Crippen LogP contribution is 2.66. The molecular formula is C51H39N5. The highest BCUT2D eigenvalue weighted by Gasteiger charge is 2.58. The van der Waals surface area contributed by atoms with E-state index in [0.717, 1.165) is 45.0 Å². The summed E-state index contributed by atoms with van der Waals surface area (Å²) in [6, 6.07) is 53.9. The van der Waals surface area contributed by atoms with Gasteiger partial charge in [-0.15, -0.1) is 0 Å². The first-order valence-corrected chi connectivity index (χ1v) is 19.8. The van der Waals surface area contributed by atoms with Crippen molar-refractivity contribution in [3.63, 3.8) is 0 Å². The summed E-state index contributed by atoms with van der Waals surface area (Å²) in [5.74, 6) is 3.52. The van der Waals surface area contributed by atoms with Crippen molar-refractivity contribution in [2.45, 2.75) is 49.4 Å². The number of hydrogen-bond donors (Lipinski definition) is 0. The molecule has 4 fully saturated rings. The van der Waals surface area contributed by atoms with E-state index in [1.54, 1.807) is 0 Å². The Morgan fingerprint density at radius 2 is 1.05 bits per heavy atom. The Morgan fingerprint density at radius 1 is 0.482 bits per heavy atom. The first-order valence-electron chi connectivity index (χ1n) is 19.8. The average Bonchev–Trinajstić information content (AvgIpc) is 3.25. The SMILES string of the molecule is N#Cc1ccc(-c2ccc3cc(C45CC6CC(CC(c7ccc(-c8nc(-c9ccccc9)nc(-c9ccc%10ncccc%10c9)n8)cc7)(C6)C4)C5)ccc3c2)cc1. The van der Waals surface area contributed by atoms with Gasteiger partial charge >= 0.3 is 0 Å². The van der Waals surface area contributed by atoms with Crippen molar-refractivity contribution in [2.75, 3.05) is 0 Å². The van der Waals surface area contributed by atoms with Crippen LogP contribution in [0.1, 0.15) is 55.2 Å². The van der Waals surface area contributed by atoms with Crippen molar-refractivity contribution in [1.29, 1.82) is 5.26 Å². The minimum atomic E-state index is 0.176. The smallest absolute Gasteiger partial charge is 0.164 e. The fourth-order valence-electron chi connectivity index (χ4n) is 11.0. The molecule has 2 atom stereocenters. The van der Waals surface area contributed by atoms with Gasteiger partial charge in [-0.25, -0.2) is 15.0 Å². The molecule has 0 saturated heterocycles. The van der Waals surface area contributed by atoms with Gasteiger partial charge in [-0.05, 0) is 137 Å². The van der Waals surface area contributed by atoms with Crippen molar-refractivity contribution in [2.24, 2.45) is 11.8 Å². The van der Waals surface area contributed by atoms with Gasteiger partial charge in [-0.3, -0.25) is 4.98 Å². The van der Waals surface area contributed by atoms with Gasteiger partial charge in [0.15, 0.2) is 17.5 Å². The highest BCUT2D eigenvalue weighted by atomic mass is 15.0. The van der Waals surface area contributed by atoms with Gasteiger partial charge in [0.2, 0.25) is 0 Å². The third kappa shape index (κ3) is 5.59. The summed E-state index contributed by atoms with van der Waals surface area (Å²) in [7, 11) is 0. The summed E-state index contributed by atoms with van der Waals surface area (Å²) in [4.78, 5) is 19.6. The van der Waals surface area contributed by atoms with Gasteiger partial charge in [-0.2, -0.15) is 5.26 Å². The molecule has 4 saturated carbocycles. The summed E-state index contributed by atoms with van der Waals surface area (Å²) in [5, 5.41) is 12.9. The lowest BCUT2D eigenvalue weighted by atomic mass is 9.41. The monoisotopic (exact) mass is 721 g/mol. The molecule has 0 amide bonds. The maximum absolute atomic E-state index is 9.24. The lowest BCUT2D eigenvalue weighted by Crippen LogP contribution is -2.55. The van der Waals surface area contributed by atoms with Crippen molar-refractivity contribution in [3.8, 4) is 51.4 Å². The standard InChI is InChI=1S/C51H39N5/c52-31-33-8-10-36(11-9-33)39-12-13-41-26-45(20-16-40(41)24-39)51-29-34-23-35(30-51)28-50(27-34,32-51)44-18-14-38(15-19-44)48-54-47(37-5-2-1-3-6-37)55-49(56-48)43-17-21-46-42(25-43)7-4-22-53-46/h1-22,24-26,34-35H,23,27-30,32H2. The van der Waals surface area contributed by atoms with E-state index in [9.17, 15) is 5.26 Å². The zero-order valence-corrected chi connectivity index (χ0v) is 31.1. The topological polar surface area (TPSA) is 75.3 Å². The maximum Gasteiger partial charge on any atom is 0.164 e. The fraction of sp³-hybridized carbons (Fsp3) is 0.196. The Kier molecular flexibility index (Phi) is 7.51. The molecule has 268 valence electrons. The van der Waals surface area contributed by atoms with Crippen molar-refractivity contribution < 1.29 is 0 Å². The van der Waals surface area contributed by atoms with E-state index < -0.39 is 0 Å². The van der Waals surface area contributed by atoms with Crippen LogP contribution >= 0.6 is 0 Å². The van der Waals surface area contributed by atoms with E-state index in [2.05, 4.69) is 102 Å². The van der Waals surface area contributed by atoms with Crippen LogP contribution in [0.3, 0.4) is 0 Å². The molecule has 2 heterocycles. The lowest BCUT2D eigenvalue weighted by molar-refractivity contribution is -0.0280. The van der Waals surface area contributed by atoms with E-state index in [0.29, 0.717) is 23.0 Å². The van der Waals surface area contributed by atoms with Gasteiger partial charge in [0.1, 0.15) is 0 Å². The first kappa shape index (κ1) is 32.9. The molecule has 56 heavy (non-hydrogen) atoms. The van der Waals surface area contributed by atoms with Crippen LogP contribution in [0.2, 0.25) is 0 Å². The molecule has 0 radical (unpaired) electrons. The van der Waals surface area contributed by atoms with Crippen LogP contribution in [0, 0.1) is 23.2 Å². The van der Waals surface area contributed by atoms with Gasteiger partial charge in [-0.1, -0.05) is 103 Å². The molecule has 0 spiro atoms. The summed E-state index contributed by atoms with van der Waals surface area (Å²) in [6.07, 6.45) is 9.52.